The SMILES string of the molecule is CCc1ccc(COc2cccc(C=CC(=O)O)c2)cc1. The predicted octanol–water partition coefficient (Wildman–Crippen LogP) is 3.93. The van der Waals surface area contributed by atoms with Gasteiger partial charge in [-0.1, -0.05) is 43.3 Å². The monoisotopic (exact) mass is 282 g/mol. The van der Waals surface area contributed by atoms with Crippen LogP contribution in [0.3, 0.4) is 0 Å². The Kier molecular flexibility index (Phi) is 5.16. The molecule has 0 unspecified atom stereocenters. The molecular weight excluding hydrogens is 264 g/mol. The molecule has 2 aromatic carbocycles. The number of carbonyl (C=O) groups is 1. The van der Waals surface area contributed by atoms with Crippen molar-refractivity contribution in [2.24, 2.45) is 0 Å². The molecule has 0 amide bonds. The normalized spacial score (nSPS) is 10.7. The van der Waals surface area contributed by atoms with Gasteiger partial charge in [0.25, 0.3) is 0 Å². The zero-order chi connectivity index (χ0) is 15.1. The number of benzene rings is 2. The lowest BCUT2D eigenvalue weighted by atomic mass is 10.1. The fraction of sp³-hybridized carbons (Fsp3) is 0.167. The minimum Gasteiger partial charge on any atom is -0.489 e. The van der Waals surface area contributed by atoms with Crippen molar-refractivity contribution in [3.05, 3.63) is 71.3 Å². The van der Waals surface area contributed by atoms with Crippen LogP contribution in [0, 0.1) is 0 Å². The van der Waals surface area contributed by atoms with Crippen LogP contribution in [-0.2, 0) is 17.8 Å². The fourth-order valence-electron chi connectivity index (χ4n) is 1.91. The van der Waals surface area contributed by atoms with Crippen molar-refractivity contribution in [1.82, 2.24) is 0 Å². The van der Waals surface area contributed by atoms with Gasteiger partial charge in [-0.15, -0.1) is 0 Å². The number of rotatable bonds is 6. The average molecular weight is 282 g/mol. The van der Waals surface area contributed by atoms with Crippen LogP contribution in [-0.4, -0.2) is 11.1 Å². The molecule has 0 heterocycles. The van der Waals surface area contributed by atoms with Crippen LogP contribution in [0.25, 0.3) is 6.08 Å². The lowest BCUT2D eigenvalue weighted by Crippen LogP contribution is -1.96. The summed E-state index contributed by atoms with van der Waals surface area (Å²) >= 11 is 0. The van der Waals surface area contributed by atoms with Crippen molar-refractivity contribution in [3.63, 3.8) is 0 Å². The predicted molar refractivity (Wildman–Crippen MR) is 83.3 cm³/mol. The molecule has 0 fully saturated rings. The molecule has 21 heavy (non-hydrogen) atoms. The number of hydrogen-bond acceptors (Lipinski definition) is 2. The maximum absolute atomic E-state index is 10.5. The van der Waals surface area contributed by atoms with Crippen molar-refractivity contribution in [1.29, 1.82) is 0 Å². The van der Waals surface area contributed by atoms with Crippen LogP contribution in [0.4, 0.5) is 0 Å². The van der Waals surface area contributed by atoms with Crippen molar-refractivity contribution in [2.75, 3.05) is 0 Å². The van der Waals surface area contributed by atoms with Gasteiger partial charge in [0, 0.05) is 6.08 Å². The third kappa shape index (κ3) is 4.80. The second kappa shape index (κ2) is 7.29. The second-order valence-electron chi connectivity index (χ2n) is 4.70. The summed E-state index contributed by atoms with van der Waals surface area (Å²) in [6.07, 6.45) is 3.69. The Balaban J connectivity index is 1.99. The zero-order valence-electron chi connectivity index (χ0n) is 12.0. The molecule has 0 aliphatic heterocycles. The fourth-order valence-corrected chi connectivity index (χ4v) is 1.91. The van der Waals surface area contributed by atoms with Gasteiger partial charge in [0.05, 0.1) is 0 Å². The molecular formula is C18H18O3. The van der Waals surface area contributed by atoms with E-state index in [-0.39, 0.29) is 0 Å². The van der Waals surface area contributed by atoms with Crippen LogP contribution >= 0.6 is 0 Å². The summed E-state index contributed by atoms with van der Waals surface area (Å²) in [7, 11) is 0. The van der Waals surface area contributed by atoms with Gasteiger partial charge in [-0.25, -0.2) is 4.79 Å². The van der Waals surface area contributed by atoms with E-state index in [1.807, 2.05) is 24.3 Å². The highest BCUT2D eigenvalue weighted by molar-refractivity contribution is 5.85. The van der Waals surface area contributed by atoms with Gasteiger partial charge in [0.2, 0.25) is 0 Å². The molecule has 0 saturated heterocycles. The lowest BCUT2D eigenvalue weighted by Gasteiger charge is -2.07. The summed E-state index contributed by atoms with van der Waals surface area (Å²) < 4.78 is 5.73. The molecule has 2 aromatic rings. The van der Waals surface area contributed by atoms with Gasteiger partial charge < -0.3 is 9.84 Å². The molecule has 3 heteroatoms. The number of aryl methyl sites for hydroxylation is 1. The van der Waals surface area contributed by atoms with E-state index < -0.39 is 5.97 Å². The Bertz CT molecular complexity index is 627. The van der Waals surface area contributed by atoms with E-state index in [2.05, 4.69) is 31.2 Å². The third-order valence-electron chi connectivity index (χ3n) is 3.11. The second-order valence-corrected chi connectivity index (χ2v) is 4.70. The number of aliphatic carboxylic acids is 1. The Morgan fingerprint density at radius 1 is 1.14 bits per heavy atom. The summed E-state index contributed by atoms with van der Waals surface area (Å²) in [5.41, 5.74) is 3.22. The summed E-state index contributed by atoms with van der Waals surface area (Å²) in [5, 5.41) is 8.62. The summed E-state index contributed by atoms with van der Waals surface area (Å²) in [6, 6.07) is 15.7. The van der Waals surface area contributed by atoms with E-state index in [1.54, 1.807) is 6.08 Å². The van der Waals surface area contributed by atoms with E-state index >= 15 is 0 Å². The van der Waals surface area contributed by atoms with Gasteiger partial charge in [0.1, 0.15) is 12.4 Å². The first-order chi connectivity index (χ1) is 10.2. The van der Waals surface area contributed by atoms with Crippen molar-refractivity contribution in [3.8, 4) is 5.75 Å². The summed E-state index contributed by atoms with van der Waals surface area (Å²) in [4.78, 5) is 10.5. The topological polar surface area (TPSA) is 46.5 Å². The van der Waals surface area contributed by atoms with E-state index in [9.17, 15) is 4.79 Å². The van der Waals surface area contributed by atoms with Crippen molar-refractivity contribution in [2.45, 2.75) is 20.0 Å². The van der Waals surface area contributed by atoms with Crippen LogP contribution in [0.1, 0.15) is 23.6 Å². The Morgan fingerprint density at radius 3 is 2.52 bits per heavy atom. The highest BCUT2D eigenvalue weighted by Gasteiger charge is 1.98. The number of carboxylic acid groups (broad SMARTS) is 1. The molecule has 0 atom stereocenters. The molecule has 0 aliphatic rings. The van der Waals surface area contributed by atoms with Crippen LogP contribution < -0.4 is 4.74 Å². The molecule has 0 saturated carbocycles. The average Bonchev–Trinajstić information content (AvgIpc) is 2.52. The van der Waals surface area contributed by atoms with Gasteiger partial charge in [-0.2, -0.15) is 0 Å². The van der Waals surface area contributed by atoms with Crippen LogP contribution in [0.5, 0.6) is 5.75 Å². The summed E-state index contributed by atoms with van der Waals surface area (Å²) in [6.45, 7) is 2.62. The van der Waals surface area contributed by atoms with Crippen molar-refractivity contribution < 1.29 is 14.6 Å². The molecule has 0 radical (unpaired) electrons. The zero-order valence-corrected chi connectivity index (χ0v) is 12.0. The van der Waals surface area contributed by atoms with Gasteiger partial charge in [-0.3, -0.25) is 0 Å². The molecule has 0 aromatic heterocycles. The number of carboxylic acids is 1. The van der Waals surface area contributed by atoms with Gasteiger partial charge in [-0.05, 0) is 41.3 Å². The Morgan fingerprint density at radius 2 is 1.86 bits per heavy atom. The quantitative estimate of drug-likeness (QED) is 0.817. The summed E-state index contributed by atoms with van der Waals surface area (Å²) in [5.74, 6) is -0.237. The lowest BCUT2D eigenvalue weighted by molar-refractivity contribution is -0.131. The first kappa shape index (κ1) is 14.9. The molecule has 0 bridgehead atoms. The van der Waals surface area contributed by atoms with Crippen LogP contribution in [0.15, 0.2) is 54.6 Å². The molecule has 0 spiro atoms. The molecule has 0 aliphatic carbocycles. The maximum atomic E-state index is 10.5. The van der Waals surface area contributed by atoms with E-state index in [4.69, 9.17) is 9.84 Å². The minimum absolute atomic E-state index is 0.496. The molecule has 2 rings (SSSR count). The number of hydrogen-bond donors (Lipinski definition) is 1. The number of ether oxygens (including phenoxy) is 1. The standard InChI is InChI=1S/C18H18O3/c1-2-14-6-8-16(9-7-14)13-21-17-5-3-4-15(12-17)10-11-18(19)20/h3-12H,2,13H2,1H3,(H,19,20). The third-order valence-corrected chi connectivity index (χ3v) is 3.11. The van der Waals surface area contributed by atoms with Gasteiger partial charge >= 0.3 is 5.97 Å². The highest BCUT2D eigenvalue weighted by atomic mass is 16.5. The molecule has 1 N–H and O–H groups in total. The van der Waals surface area contributed by atoms with E-state index in [1.165, 1.54) is 5.56 Å². The Hall–Kier alpha value is -2.55. The first-order valence-electron chi connectivity index (χ1n) is 6.89. The van der Waals surface area contributed by atoms with Crippen LogP contribution in [0.2, 0.25) is 0 Å². The van der Waals surface area contributed by atoms with E-state index in [0.717, 1.165) is 29.4 Å². The van der Waals surface area contributed by atoms with Gasteiger partial charge in [0.15, 0.2) is 0 Å². The van der Waals surface area contributed by atoms with E-state index in [0.29, 0.717) is 6.61 Å². The Labute approximate surface area is 124 Å². The molecule has 108 valence electrons. The molecule has 3 nitrogen and oxygen atoms in total. The van der Waals surface area contributed by atoms with Crippen molar-refractivity contribution >= 4 is 12.0 Å². The smallest absolute Gasteiger partial charge is 0.328 e. The highest BCUT2D eigenvalue weighted by Crippen LogP contribution is 2.16. The largest absolute Gasteiger partial charge is 0.489 e. The minimum atomic E-state index is -0.961. The maximum Gasteiger partial charge on any atom is 0.328 e. The first-order valence-corrected chi connectivity index (χ1v) is 6.89.